The molecule has 2 aromatic heterocycles. The van der Waals surface area contributed by atoms with Gasteiger partial charge in [0, 0.05) is 6.20 Å². The van der Waals surface area contributed by atoms with Gasteiger partial charge in [-0.3, -0.25) is 9.78 Å². The Morgan fingerprint density at radius 2 is 2.13 bits per heavy atom. The molecule has 0 spiro atoms. The quantitative estimate of drug-likeness (QED) is 0.859. The summed E-state index contributed by atoms with van der Waals surface area (Å²) < 4.78 is 20.0. The standard InChI is InChI=1S/C15H20N4O4/c1-4-8-9-10(23-15(2,3)22-9)13(21-8)19-6-5-7-11(19)17-14(16)18-12(7)20/h5-6,8-10,13H,4H2,1-3H3,(H3,16,17,18,20)/t8-,9+,10?,13-/m1/s1. The molecule has 8 heteroatoms. The van der Waals surface area contributed by atoms with Crippen LogP contribution in [0.15, 0.2) is 17.1 Å². The highest BCUT2D eigenvalue weighted by molar-refractivity contribution is 5.76. The summed E-state index contributed by atoms with van der Waals surface area (Å²) in [6.07, 6.45) is 1.72. The Morgan fingerprint density at radius 3 is 2.87 bits per heavy atom. The summed E-state index contributed by atoms with van der Waals surface area (Å²) in [5.41, 5.74) is 5.90. The smallest absolute Gasteiger partial charge is 0.261 e. The number of aromatic amines is 1. The van der Waals surface area contributed by atoms with Gasteiger partial charge in [0.15, 0.2) is 17.7 Å². The molecule has 0 amide bonds. The van der Waals surface area contributed by atoms with Crippen LogP contribution in [0.5, 0.6) is 0 Å². The minimum absolute atomic E-state index is 0.0661. The van der Waals surface area contributed by atoms with E-state index in [4.69, 9.17) is 19.9 Å². The molecule has 4 atom stereocenters. The highest BCUT2D eigenvalue weighted by Crippen LogP contribution is 2.44. The summed E-state index contributed by atoms with van der Waals surface area (Å²) in [4.78, 5) is 18.7. The molecule has 2 fully saturated rings. The van der Waals surface area contributed by atoms with E-state index in [1.807, 2.05) is 20.8 Å². The predicted molar refractivity (Wildman–Crippen MR) is 82.8 cm³/mol. The monoisotopic (exact) mass is 320 g/mol. The van der Waals surface area contributed by atoms with Crippen molar-refractivity contribution in [1.82, 2.24) is 14.5 Å². The van der Waals surface area contributed by atoms with Crippen molar-refractivity contribution >= 4 is 17.0 Å². The van der Waals surface area contributed by atoms with Crippen LogP contribution in [0.1, 0.15) is 33.4 Å². The van der Waals surface area contributed by atoms with Crippen LogP contribution in [-0.2, 0) is 14.2 Å². The molecule has 2 aliphatic rings. The summed E-state index contributed by atoms with van der Waals surface area (Å²) in [6, 6.07) is 1.71. The normalized spacial score (nSPS) is 32.5. The summed E-state index contributed by atoms with van der Waals surface area (Å²) in [7, 11) is 0. The van der Waals surface area contributed by atoms with Crippen LogP contribution < -0.4 is 11.3 Å². The number of anilines is 1. The number of aromatic nitrogens is 3. The first-order chi connectivity index (χ1) is 10.9. The van der Waals surface area contributed by atoms with Crippen molar-refractivity contribution in [2.75, 3.05) is 5.73 Å². The molecule has 0 aromatic carbocycles. The van der Waals surface area contributed by atoms with Crippen molar-refractivity contribution < 1.29 is 14.2 Å². The maximum atomic E-state index is 12.0. The van der Waals surface area contributed by atoms with Crippen molar-refractivity contribution in [3.8, 4) is 0 Å². The fourth-order valence-electron chi connectivity index (χ4n) is 3.48. The van der Waals surface area contributed by atoms with Gasteiger partial charge in [-0.25, -0.2) is 0 Å². The Balaban J connectivity index is 1.80. The average molecular weight is 320 g/mol. The van der Waals surface area contributed by atoms with Gasteiger partial charge in [-0.15, -0.1) is 0 Å². The number of ether oxygens (including phenoxy) is 3. The number of fused-ring (bicyclic) bond motifs is 2. The molecule has 3 N–H and O–H groups in total. The van der Waals surface area contributed by atoms with E-state index in [1.165, 1.54) is 0 Å². The third kappa shape index (κ3) is 2.17. The molecule has 23 heavy (non-hydrogen) atoms. The largest absolute Gasteiger partial charge is 0.369 e. The number of nitrogens with one attached hydrogen (secondary N) is 1. The SMILES string of the molecule is CC[C@H]1O[C@@H](n2ccc3c(=O)[nH]c(N)nc32)C2OC(C)(C)O[C@H]21. The molecule has 4 heterocycles. The summed E-state index contributed by atoms with van der Waals surface area (Å²) in [5, 5.41) is 0.470. The second-order valence-corrected chi connectivity index (χ2v) is 6.45. The van der Waals surface area contributed by atoms with Crippen LogP contribution in [0.4, 0.5) is 5.95 Å². The van der Waals surface area contributed by atoms with E-state index in [1.54, 1.807) is 16.8 Å². The van der Waals surface area contributed by atoms with Gasteiger partial charge in [0.2, 0.25) is 5.95 Å². The van der Waals surface area contributed by atoms with Crippen molar-refractivity contribution in [2.45, 2.75) is 57.5 Å². The highest BCUT2D eigenvalue weighted by atomic mass is 16.8. The minimum Gasteiger partial charge on any atom is -0.369 e. The topological polar surface area (TPSA) is 104 Å². The molecule has 0 radical (unpaired) electrons. The third-order valence-electron chi connectivity index (χ3n) is 4.40. The Hall–Kier alpha value is -1.90. The lowest BCUT2D eigenvalue weighted by molar-refractivity contribution is -0.196. The molecule has 124 valence electrons. The van der Waals surface area contributed by atoms with Gasteiger partial charge in [-0.05, 0) is 26.3 Å². The summed E-state index contributed by atoms with van der Waals surface area (Å²) in [6.45, 7) is 5.83. The van der Waals surface area contributed by atoms with Crippen molar-refractivity contribution in [2.24, 2.45) is 0 Å². The van der Waals surface area contributed by atoms with Gasteiger partial charge < -0.3 is 24.5 Å². The van der Waals surface area contributed by atoms with E-state index in [9.17, 15) is 4.79 Å². The highest BCUT2D eigenvalue weighted by Gasteiger charge is 2.55. The summed E-state index contributed by atoms with van der Waals surface area (Å²) in [5.74, 6) is -0.578. The molecule has 2 aliphatic heterocycles. The molecule has 2 aromatic rings. The van der Waals surface area contributed by atoms with Gasteiger partial charge in [0.1, 0.15) is 12.2 Å². The molecular weight excluding hydrogens is 300 g/mol. The van der Waals surface area contributed by atoms with Gasteiger partial charge in [0.25, 0.3) is 5.56 Å². The Bertz CT molecular complexity index is 811. The number of H-pyrrole nitrogens is 1. The van der Waals surface area contributed by atoms with E-state index < -0.39 is 12.0 Å². The second-order valence-electron chi connectivity index (χ2n) is 6.45. The van der Waals surface area contributed by atoms with Gasteiger partial charge >= 0.3 is 0 Å². The lowest BCUT2D eigenvalue weighted by atomic mass is 10.1. The molecule has 0 aliphatic carbocycles. The Labute approximate surface area is 132 Å². The molecule has 4 rings (SSSR count). The fourth-order valence-corrected chi connectivity index (χ4v) is 3.48. The number of hydrogen-bond donors (Lipinski definition) is 2. The Kier molecular flexibility index (Phi) is 3.06. The van der Waals surface area contributed by atoms with Crippen LogP contribution in [0.25, 0.3) is 11.0 Å². The van der Waals surface area contributed by atoms with E-state index in [2.05, 4.69) is 9.97 Å². The van der Waals surface area contributed by atoms with Crippen LogP contribution in [0.3, 0.4) is 0 Å². The van der Waals surface area contributed by atoms with Gasteiger partial charge in [-0.1, -0.05) is 6.92 Å². The Morgan fingerprint density at radius 1 is 1.39 bits per heavy atom. The van der Waals surface area contributed by atoms with Crippen LogP contribution >= 0.6 is 0 Å². The number of hydrogen-bond acceptors (Lipinski definition) is 6. The zero-order chi connectivity index (χ0) is 16.4. The van der Waals surface area contributed by atoms with Crippen molar-refractivity contribution in [3.05, 3.63) is 22.6 Å². The fraction of sp³-hybridized carbons (Fsp3) is 0.600. The van der Waals surface area contributed by atoms with Crippen LogP contribution in [0.2, 0.25) is 0 Å². The number of nitrogens with two attached hydrogens (primary N) is 1. The maximum Gasteiger partial charge on any atom is 0.261 e. The molecule has 0 saturated carbocycles. The molecular formula is C15H20N4O4. The van der Waals surface area contributed by atoms with E-state index in [0.29, 0.717) is 11.0 Å². The zero-order valence-electron chi connectivity index (χ0n) is 13.3. The van der Waals surface area contributed by atoms with E-state index >= 15 is 0 Å². The minimum atomic E-state index is -0.655. The molecule has 2 saturated heterocycles. The van der Waals surface area contributed by atoms with E-state index in [-0.39, 0.29) is 29.8 Å². The van der Waals surface area contributed by atoms with Gasteiger partial charge in [-0.2, -0.15) is 4.98 Å². The predicted octanol–water partition coefficient (Wildman–Crippen LogP) is 1.13. The molecule has 1 unspecified atom stereocenters. The number of nitrogen functional groups attached to an aromatic ring is 1. The summed E-state index contributed by atoms with van der Waals surface area (Å²) >= 11 is 0. The lowest BCUT2D eigenvalue weighted by Gasteiger charge is -2.24. The first-order valence-electron chi connectivity index (χ1n) is 7.77. The van der Waals surface area contributed by atoms with Crippen LogP contribution in [0, 0.1) is 0 Å². The first kappa shape index (κ1) is 14.7. The molecule has 0 bridgehead atoms. The number of rotatable bonds is 2. The van der Waals surface area contributed by atoms with E-state index in [0.717, 1.165) is 6.42 Å². The average Bonchev–Trinajstić information content (AvgIpc) is 3.09. The number of nitrogens with zero attached hydrogens (tertiary/aromatic N) is 2. The maximum absolute atomic E-state index is 12.0. The van der Waals surface area contributed by atoms with Crippen molar-refractivity contribution in [3.63, 3.8) is 0 Å². The second kappa shape index (κ2) is 4.80. The molecule has 8 nitrogen and oxygen atoms in total. The third-order valence-corrected chi connectivity index (χ3v) is 4.40. The first-order valence-corrected chi connectivity index (χ1v) is 7.77. The zero-order valence-corrected chi connectivity index (χ0v) is 13.3. The van der Waals surface area contributed by atoms with Crippen LogP contribution in [-0.4, -0.2) is 38.6 Å². The van der Waals surface area contributed by atoms with Gasteiger partial charge in [0.05, 0.1) is 11.5 Å². The lowest BCUT2D eigenvalue weighted by Crippen LogP contribution is -2.28. The van der Waals surface area contributed by atoms with Crippen molar-refractivity contribution in [1.29, 1.82) is 0 Å².